The molecule has 4 nitrogen and oxygen atoms in total. The lowest BCUT2D eigenvalue weighted by Gasteiger charge is -2.36. The molecule has 0 spiro atoms. The van der Waals surface area contributed by atoms with Gasteiger partial charge in [0, 0.05) is 6.04 Å². The van der Waals surface area contributed by atoms with Crippen molar-refractivity contribution in [2.75, 3.05) is 14.2 Å². The van der Waals surface area contributed by atoms with E-state index >= 15 is 0 Å². The normalized spacial score (nSPS) is 10.9. The van der Waals surface area contributed by atoms with Crippen LogP contribution in [0.15, 0.2) is 72.8 Å². The third-order valence-electron chi connectivity index (χ3n) is 5.46. The Labute approximate surface area is 185 Å². The van der Waals surface area contributed by atoms with Crippen LogP contribution in [0.25, 0.3) is 0 Å². The molecule has 0 saturated carbocycles. The number of methoxy groups -OCH3 is 2. The van der Waals surface area contributed by atoms with Crippen LogP contribution < -0.4 is 9.47 Å². The quantitative estimate of drug-likeness (QED) is 0.480. The summed E-state index contributed by atoms with van der Waals surface area (Å²) in [7, 11) is 3.31. The molecule has 0 fully saturated rings. The minimum absolute atomic E-state index is 0.0205. The van der Waals surface area contributed by atoms with Gasteiger partial charge in [0.2, 0.25) is 5.91 Å². The van der Waals surface area contributed by atoms with Gasteiger partial charge in [-0.2, -0.15) is 0 Å². The summed E-state index contributed by atoms with van der Waals surface area (Å²) in [5, 5.41) is 0. The zero-order chi connectivity index (χ0) is 22.4. The third-order valence-corrected chi connectivity index (χ3v) is 5.46. The van der Waals surface area contributed by atoms with Crippen molar-refractivity contribution in [3.63, 3.8) is 0 Å². The van der Waals surface area contributed by atoms with E-state index in [0.717, 1.165) is 28.2 Å². The maximum Gasteiger partial charge on any atom is 0.228 e. The lowest BCUT2D eigenvalue weighted by atomic mass is 9.94. The standard InChI is InChI=1S/C27H31NO3/c1-19(2)28(26(29)18-21-8-6-20(3)7-9-21)27(22-10-14-24(30-4)15-11-22)23-12-16-25(31-5)17-13-23/h6-17,19,27H,18H2,1-5H3. The van der Waals surface area contributed by atoms with Gasteiger partial charge in [-0.1, -0.05) is 54.1 Å². The van der Waals surface area contributed by atoms with Gasteiger partial charge in [0.05, 0.1) is 26.7 Å². The maximum atomic E-state index is 13.5. The Morgan fingerprint density at radius 3 is 1.61 bits per heavy atom. The fraction of sp³-hybridized carbons (Fsp3) is 0.296. The molecule has 1 amide bonds. The van der Waals surface area contributed by atoms with E-state index in [9.17, 15) is 4.79 Å². The summed E-state index contributed by atoms with van der Waals surface area (Å²) >= 11 is 0. The van der Waals surface area contributed by atoms with Gasteiger partial charge in [-0.05, 0) is 61.7 Å². The molecule has 0 aliphatic carbocycles. The molecule has 3 aromatic carbocycles. The van der Waals surface area contributed by atoms with Crippen LogP contribution in [0.3, 0.4) is 0 Å². The molecule has 0 aliphatic heterocycles. The lowest BCUT2D eigenvalue weighted by Crippen LogP contribution is -2.41. The molecule has 0 heterocycles. The number of benzene rings is 3. The van der Waals surface area contributed by atoms with Crippen molar-refractivity contribution in [2.45, 2.75) is 39.3 Å². The Balaban J connectivity index is 2.01. The van der Waals surface area contributed by atoms with E-state index in [1.54, 1.807) is 14.2 Å². The first kappa shape index (κ1) is 22.4. The second-order valence-corrected chi connectivity index (χ2v) is 8.01. The van der Waals surface area contributed by atoms with Gasteiger partial charge in [-0.3, -0.25) is 4.79 Å². The first-order chi connectivity index (χ1) is 14.9. The van der Waals surface area contributed by atoms with Crippen molar-refractivity contribution in [3.8, 4) is 11.5 Å². The summed E-state index contributed by atoms with van der Waals surface area (Å²) < 4.78 is 10.7. The van der Waals surface area contributed by atoms with E-state index in [2.05, 4.69) is 20.8 Å². The van der Waals surface area contributed by atoms with Crippen molar-refractivity contribution in [3.05, 3.63) is 95.1 Å². The molecule has 0 bridgehead atoms. The highest BCUT2D eigenvalue weighted by Gasteiger charge is 2.29. The minimum Gasteiger partial charge on any atom is -0.497 e. The molecule has 162 valence electrons. The number of nitrogens with zero attached hydrogens (tertiary/aromatic N) is 1. The number of ether oxygens (including phenoxy) is 2. The van der Waals surface area contributed by atoms with Gasteiger partial charge in [-0.15, -0.1) is 0 Å². The molecule has 0 aliphatic rings. The maximum absolute atomic E-state index is 13.5. The molecule has 3 rings (SSSR count). The number of rotatable bonds is 8. The molecule has 0 radical (unpaired) electrons. The number of aryl methyl sites for hydroxylation is 1. The summed E-state index contributed by atoms with van der Waals surface area (Å²) in [6, 6.07) is 23.8. The summed E-state index contributed by atoms with van der Waals surface area (Å²) in [4.78, 5) is 15.5. The molecular weight excluding hydrogens is 386 g/mol. The highest BCUT2D eigenvalue weighted by molar-refractivity contribution is 5.80. The van der Waals surface area contributed by atoms with Crippen LogP contribution >= 0.6 is 0 Å². The van der Waals surface area contributed by atoms with E-state index in [4.69, 9.17) is 9.47 Å². The third kappa shape index (κ3) is 5.46. The second kappa shape index (κ2) is 10.2. The van der Waals surface area contributed by atoms with Gasteiger partial charge < -0.3 is 14.4 Å². The number of carbonyl (C=O) groups is 1. The average Bonchev–Trinajstić information content (AvgIpc) is 2.79. The molecule has 4 heteroatoms. The summed E-state index contributed by atoms with van der Waals surface area (Å²) in [5.41, 5.74) is 4.28. The number of carbonyl (C=O) groups excluding carboxylic acids is 1. The Hall–Kier alpha value is -3.27. The largest absolute Gasteiger partial charge is 0.497 e. The zero-order valence-electron chi connectivity index (χ0n) is 19.0. The van der Waals surface area contributed by atoms with Crippen LogP contribution in [-0.2, 0) is 11.2 Å². The van der Waals surface area contributed by atoms with Crippen molar-refractivity contribution in [1.29, 1.82) is 0 Å². The fourth-order valence-corrected chi connectivity index (χ4v) is 3.79. The molecular formula is C27H31NO3. The van der Waals surface area contributed by atoms with Gasteiger partial charge in [-0.25, -0.2) is 0 Å². The van der Waals surface area contributed by atoms with Crippen LogP contribution in [0, 0.1) is 6.92 Å². The van der Waals surface area contributed by atoms with Crippen LogP contribution in [0.4, 0.5) is 0 Å². The first-order valence-corrected chi connectivity index (χ1v) is 10.6. The summed E-state index contributed by atoms with van der Waals surface area (Å²) in [5.74, 6) is 1.68. The number of hydrogen-bond donors (Lipinski definition) is 0. The highest BCUT2D eigenvalue weighted by atomic mass is 16.5. The number of amides is 1. The topological polar surface area (TPSA) is 38.8 Å². The Bertz CT molecular complexity index is 929. The van der Waals surface area contributed by atoms with Crippen molar-refractivity contribution in [1.82, 2.24) is 4.90 Å². The van der Waals surface area contributed by atoms with Crippen LogP contribution in [0.1, 0.15) is 42.1 Å². The molecule has 0 N–H and O–H groups in total. The predicted octanol–water partition coefficient (Wildman–Crippen LogP) is 5.58. The van der Waals surface area contributed by atoms with Crippen LogP contribution in [-0.4, -0.2) is 31.1 Å². The van der Waals surface area contributed by atoms with Gasteiger partial charge in [0.15, 0.2) is 0 Å². The smallest absolute Gasteiger partial charge is 0.228 e. The van der Waals surface area contributed by atoms with Crippen molar-refractivity contribution < 1.29 is 14.3 Å². The monoisotopic (exact) mass is 417 g/mol. The van der Waals surface area contributed by atoms with Crippen LogP contribution in [0.2, 0.25) is 0 Å². The van der Waals surface area contributed by atoms with Crippen molar-refractivity contribution in [2.24, 2.45) is 0 Å². The highest BCUT2D eigenvalue weighted by Crippen LogP contribution is 2.33. The number of hydrogen-bond acceptors (Lipinski definition) is 3. The Morgan fingerprint density at radius 2 is 1.23 bits per heavy atom. The molecule has 0 atom stereocenters. The Kier molecular flexibility index (Phi) is 7.35. The Morgan fingerprint density at radius 1 is 0.774 bits per heavy atom. The average molecular weight is 418 g/mol. The van der Waals surface area contributed by atoms with E-state index < -0.39 is 0 Å². The first-order valence-electron chi connectivity index (χ1n) is 10.6. The molecule has 3 aromatic rings. The zero-order valence-corrected chi connectivity index (χ0v) is 19.0. The SMILES string of the molecule is COc1ccc(C(c2ccc(OC)cc2)N(C(=O)Cc2ccc(C)cc2)C(C)C)cc1. The van der Waals surface area contributed by atoms with E-state index in [-0.39, 0.29) is 18.0 Å². The second-order valence-electron chi connectivity index (χ2n) is 8.01. The van der Waals surface area contributed by atoms with E-state index in [0.29, 0.717) is 6.42 Å². The van der Waals surface area contributed by atoms with Gasteiger partial charge in [0.1, 0.15) is 11.5 Å². The van der Waals surface area contributed by atoms with Crippen LogP contribution in [0.5, 0.6) is 11.5 Å². The molecule has 0 aromatic heterocycles. The van der Waals surface area contributed by atoms with Gasteiger partial charge in [0.25, 0.3) is 0 Å². The van der Waals surface area contributed by atoms with E-state index in [1.165, 1.54) is 5.56 Å². The lowest BCUT2D eigenvalue weighted by molar-refractivity contribution is -0.134. The summed E-state index contributed by atoms with van der Waals surface area (Å²) in [6.45, 7) is 6.18. The van der Waals surface area contributed by atoms with Gasteiger partial charge >= 0.3 is 0 Å². The van der Waals surface area contributed by atoms with Crippen molar-refractivity contribution >= 4 is 5.91 Å². The molecule has 0 unspecified atom stereocenters. The minimum atomic E-state index is -0.213. The molecule has 31 heavy (non-hydrogen) atoms. The predicted molar refractivity (Wildman–Crippen MR) is 125 cm³/mol. The summed E-state index contributed by atoms with van der Waals surface area (Å²) in [6.07, 6.45) is 0.362. The molecule has 0 saturated heterocycles. The van der Waals surface area contributed by atoms with E-state index in [1.807, 2.05) is 77.7 Å². The fourth-order valence-electron chi connectivity index (χ4n) is 3.79.